The first-order chi connectivity index (χ1) is 7.13. The van der Waals surface area contributed by atoms with E-state index >= 15 is 0 Å². The van der Waals surface area contributed by atoms with Crippen molar-refractivity contribution in [1.29, 1.82) is 5.26 Å². The van der Waals surface area contributed by atoms with Crippen LogP contribution < -0.4 is 9.47 Å². The van der Waals surface area contributed by atoms with E-state index in [9.17, 15) is 10.1 Å². The quantitative estimate of drug-likeness (QED) is 0.554. The van der Waals surface area contributed by atoms with Crippen LogP contribution in [0.25, 0.3) is 0 Å². The highest BCUT2D eigenvalue weighted by atomic mass is 16.6. The third kappa shape index (κ3) is 1.96. The molecule has 0 radical (unpaired) electrons. The molecule has 1 aromatic carbocycles. The highest BCUT2D eigenvalue weighted by Gasteiger charge is 2.19. The number of nitro benzene ring substituents is 1. The Kier molecular flexibility index (Phi) is 3.08. The molecule has 0 heterocycles. The number of nitriles is 1. The number of hydrogen-bond acceptors (Lipinski definition) is 5. The summed E-state index contributed by atoms with van der Waals surface area (Å²) in [5.41, 5.74) is -0.0340. The van der Waals surface area contributed by atoms with Crippen molar-refractivity contribution in [2.45, 2.75) is 0 Å². The van der Waals surface area contributed by atoms with Gasteiger partial charge in [0.2, 0.25) is 0 Å². The maximum absolute atomic E-state index is 10.6. The monoisotopic (exact) mass is 208 g/mol. The van der Waals surface area contributed by atoms with Crippen LogP contribution in [-0.4, -0.2) is 19.1 Å². The summed E-state index contributed by atoms with van der Waals surface area (Å²) in [6, 6.07) is 4.30. The molecule has 0 bridgehead atoms. The van der Waals surface area contributed by atoms with Gasteiger partial charge < -0.3 is 9.47 Å². The van der Waals surface area contributed by atoms with E-state index in [1.54, 1.807) is 0 Å². The summed E-state index contributed by atoms with van der Waals surface area (Å²) in [5, 5.41) is 19.4. The Morgan fingerprint density at radius 3 is 2.33 bits per heavy atom. The second kappa shape index (κ2) is 4.28. The van der Waals surface area contributed by atoms with Gasteiger partial charge in [0, 0.05) is 6.07 Å². The first-order valence-corrected chi connectivity index (χ1v) is 3.94. The van der Waals surface area contributed by atoms with Crippen LogP contribution in [0.1, 0.15) is 5.56 Å². The van der Waals surface area contributed by atoms with Crippen LogP contribution >= 0.6 is 0 Å². The lowest BCUT2D eigenvalue weighted by atomic mass is 10.2. The van der Waals surface area contributed by atoms with Gasteiger partial charge in [0.05, 0.1) is 30.8 Å². The van der Waals surface area contributed by atoms with Crippen molar-refractivity contribution in [3.8, 4) is 17.6 Å². The SMILES string of the molecule is COc1cc([N+](=O)[O-])c(OC)cc1C#N. The van der Waals surface area contributed by atoms with Gasteiger partial charge in [0.1, 0.15) is 11.8 Å². The molecule has 0 N–H and O–H groups in total. The topological polar surface area (TPSA) is 85.4 Å². The zero-order valence-corrected chi connectivity index (χ0v) is 8.18. The average Bonchev–Trinajstić information content (AvgIpc) is 2.26. The molecule has 0 fully saturated rings. The fourth-order valence-electron chi connectivity index (χ4n) is 1.11. The number of nitrogens with zero attached hydrogens (tertiary/aromatic N) is 2. The summed E-state index contributed by atoms with van der Waals surface area (Å²) in [6.45, 7) is 0. The lowest BCUT2D eigenvalue weighted by Gasteiger charge is -2.05. The number of rotatable bonds is 3. The van der Waals surface area contributed by atoms with Gasteiger partial charge in [-0.3, -0.25) is 10.1 Å². The minimum absolute atomic E-state index is 0.0392. The van der Waals surface area contributed by atoms with Gasteiger partial charge in [0.25, 0.3) is 0 Å². The summed E-state index contributed by atoms with van der Waals surface area (Å²) < 4.78 is 9.64. The predicted molar refractivity (Wildman–Crippen MR) is 50.9 cm³/mol. The molecule has 0 spiro atoms. The normalized spacial score (nSPS) is 9.13. The minimum atomic E-state index is -0.595. The van der Waals surface area contributed by atoms with E-state index in [0.29, 0.717) is 0 Å². The van der Waals surface area contributed by atoms with Crippen molar-refractivity contribution in [3.05, 3.63) is 27.8 Å². The van der Waals surface area contributed by atoms with Crippen molar-refractivity contribution in [1.82, 2.24) is 0 Å². The number of nitro groups is 1. The fourth-order valence-corrected chi connectivity index (χ4v) is 1.11. The van der Waals surface area contributed by atoms with Crippen molar-refractivity contribution in [2.24, 2.45) is 0 Å². The van der Waals surface area contributed by atoms with Crippen LogP contribution in [0, 0.1) is 21.4 Å². The van der Waals surface area contributed by atoms with Crippen LogP contribution in [0.15, 0.2) is 12.1 Å². The molecule has 0 aliphatic heterocycles. The molecular formula is C9H8N2O4. The Morgan fingerprint density at radius 2 is 1.93 bits per heavy atom. The second-order valence-corrected chi connectivity index (χ2v) is 2.59. The highest BCUT2D eigenvalue weighted by molar-refractivity contribution is 5.58. The van der Waals surface area contributed by atoms with Crippen molar-refractivity contribution in [2.75, 3.05) is 14.2 Å². The molecule has 78 valence electrons. The number of benzene rings is 1. The lowest BCUT2D eigenvalue weighted by molar-refractivity contribution is -0.385. The van der Waals surface area contributed by atoms with E-state index in [4.69, 9.17) is 14.7 Å². The summed E-state index contributed by atoms with van der Waals surface area (Å²) in [7, 11) is 2.64. The molecule has 0 atom stereocenters. The highest BCUT2D eigenvalue weighted by Crippen LogP contribution is 2.33. The zero-order chi connectivity index (χ0) is 11.4. The summed E-state index contributed by atoms with van der Waals surface area (Å²) in [5.74, 6) is 0.197. The zero-order valence-electron chi connectivity index (χ0n) is 8.18. The molecule has 0 unspecified atom stereocenters. The van der Waals surface area contributed by atoms with Crippen molar-refractivity contribution < 1.29 is 14.4 Å². The number of methoxy groups -OCH3 is 2. The molecule has 15 heavy (non-hydrogen) atoms. The van der Waals surface area contributed by atoms with Crippen LogP contribution in [0.3, 0.4) is 0 Å². The van der Waals surface area contributed by atoms with Gasteiger partial charge in [-0.25, -0.2) is 0 Å². The fraction of sp³-hybridized carbons (Fsp3) is 0.222. The average molecular weight is 208 g/mol. The van der Waals surface area contributed by atoms with Crippen LogP contribution in [0.5, 0.6) is 11.5 Å². The molecule has 0 aliphatic carbocycles. The largest absolute Gasteiger partial charge is 0.495 e. The molecule has 0 amide bonds. The van der Waals surface area contributed by atoms with Gasteiger partial charge in [-0.15, -0.1) is 0 Å². The van der Waals surface area contributed by atoms with Gasteiger partial charge in [-0.2, -0.15) is 5.26 Å². The molecule has 6 nitrogen and oxygen atoms in total. The molecule has 0 aromatic heterocycles. The first-order valence-electron chi connectivity index (χ1n) is 3.94. The molecular weight excluding hydrogens is 200 g/mol. The van der Waals surface area contributed by atoms with E-state index < -0.39 is 4.92 Å². The Morgan fingerprint density at radius 1 is 1.33 bits per heavy atom. The summed E-state index contributed by atoms with van der Waals surface area (Å²) in [4.78, 5) is 10.0. The van der Waals surface area contributed by atoms with Crippen LogP contribution in [0.2, 0.25) is 0 Å². The Hall–Kier alpha value is -2.29. The standard InChI is InChI=1S/C9H8N2O4/c1-14-8-4-7(11(12)13)9(15-2)3-6(8)5-10/h3-4H,1-2H3. The molecule has 0 aliphatic rings. The predicted octanol–water partition coefficient (Wildman–Crippen LogP) is 1.48. The van der Waals surface area contributed by atoms with Crippen molar-refractivity contribution >= 4 is 5.69 Å². The Balaban J connectivity index is 3.42. The maximum atomic E-state index is 10.6. The summed E-state index contributed by atoms with van der Waals surface area (Å²) >= 11 is 0. The van der Waals surface area contributed by atoms with E-state index in [1.807, 2.05) is 6.07 Å². The van der Waals surface area contributed by atoms with Crippen LogP contribution in [-0.2, 0) is 0 Å². The van der Waals surface area contributed by atoms with E-state index in [1.165, 1.54) is 20.3 Å². The number of hydrogen-bond donors (Lipinski definition) is 0. The molecule has 0 saturated heterocycles. The molecule has 6 heteroatoms. The van der Waals surface area contributed by atoms with Gasteiger partial charge in [-0.05, 0) is 0 Å². The van der Waals surface area contributed by atoms with E-state index in [0.717, 1.165) is 6.07 Å². The van der Waals surface area contributed by atoms with Crippen LogP contribution in [0.4, 0.5) is 5.69 Å². The van der Waals surface area contributed by atoms with Gasteiger partial charge in [0.15, 0.2) is 5.75 Å². The van der Waals surface area contributed by atoms with Gasteiger partial charge >= 0.3 is 5.69 Å². The van der Waals surface area contributed by atoms with E-state index in [-0.39, 0.29) is 22.7 Å². The van der Waals surface area contributed by atoms with Crippen molar-refractivity contribution in [3.63, 3.8) is 0 Å². The molecule has 0 saturated carbocycles. The smallest absolute Gasteiger partial charge is 0.314 e. The first kappa shape index (κ1) is 10.8. The third-order valence-corrected chi connectivity index (χ3v) is 1.82. The second-order valence-electron chi connectivity index (χ2n) is 2.59. The number of ether oxygens (including phenoxy) is 2. The lowest BCUT2D eigenvalue weighted by Crippen LogP contribution is -1.97. The third-order valence-electron chi connectivity index (χ3n) is 1.82. The Bertz CT molecular complexity index is 436. The van der Waals surface area contributed by atoms with E-state index in [2.05, 4.69) is 0 Å². The minimum Gasteiger partial charge on any atom is -0.495 e. The Labute approximate surface area is 85.8 Å². The summed E-state index contributed by atoms with van der Waals surface area (Å²) in [6.07, 6.45) is 0. The molecule has 1 rings (SSSR count). The molecule has 1 aromatic rings. The van der Waals surface area contributed by atoms with Gasteiger partial charge in [-0.1, -0.05) is 0 Å². The maximum Gasteiger partial charge on any atom is 0.314 e.